The first-order valence-electron chi connectivity index (χ1n) is 4.08. The van der Waals surface area contributed by atoms with Crippen molar-refractivity contribution in [3.8, 4) is 0 Å². The van der Waals surface area contributed by atoms with Crippen molar-refractivity contribution in [1.82, 2.24) is 5.32 Å². The smallest absolute Gasteiger partial charge is 0.331 e. The van der Waals surface area contributed by atoms with Crippen molar-refractivity contribution < 1.29 is 14.7 Å². The van der Waals surface area contributed by atoms with Crippen LogP contribution in [0.15, 0.2) is 30.3 Å². The largest absolute Gasteiger partial charge is 0.365 e. The van der Waals surface area contributed by atoms with Crippen molar-refractivity contribution in [2.75, 3.05) is 4.90 Å². The Balaban J connectivity index is 2.36. The van der Waals surface area contributed by atoms with Gasteiger partial charge in [-0.3, -0.25) is 4.79 Å². The first-order valence-corrected chi connectivity index (χ1v) is 4.08. The summed E-state index contributed by atoms with van der Waals surface area (Å²) in [6.07, 6.45) is -1.43. The SMILES string of the molecule is O=C1NC(O)C(=O)N1c1ccccc1. The molecular formula is C9H8N2O3. The van der Waals surface area contributed by atoms with E-state index in [1.54, 1.807) is 30.3 Å². The predicted octanol–water partition coefficient (Wildman–Crippen LogP) is 0.0612. The second-order valence-corrected chi connectivity index (χ2v) is 2.86. The minimum atomic E-state index is -1.43. The van der Waals surface area contributed by atoms with Gasteiger partial charge in [-0.15, -0.1) is 0 Å². The van der Waals surface area contributed by atoms with Gasteiger partial charge in [0.1, 0.15) is 0 Å². The predicted molar refractivity (Wildman–Crippen MR) is 48.5 cm³/mol. The van der Waals surface area contributed by atoms with Crippen molar-refractivity contribution in [2.45, 2.75) is 6.23 Å². The van der Waals surface area contributed by atoms with E-state index < -0.39 is 18.2 Å². The van der Waals surface area contributed by atoms with E-state index in [0.717, 1.165) is 4.90 Å². The van der Waals surface area contributed by atoms with E-state index in [9.17, 15) is 9.59 Å². The number of carbonyl (C=O) groups excluding carboxylic acids is 2. The monoisotopic (exact) mass is 192 g/mol. The summed E-state index contributed by atoms with van der Waals surface area (Å²) in [6.45, 7) is 0. The zero-order chi connectivity index (χ0) is 10.1. The van der Waals surface area contributed by atoms with Crippen LogP contribution in [-0.2, 0) is 4.79 Å². The van der Waals surface area contributed by atoms with E-state index in [4.69, 9.17) is 5.11 Å². The van der Waals surface area contributed by atoms with Crippen molar-refractivity contribution in [3.63, 3.8) is 0 Å². The van der Waals surface area contributed by atoms with Gasteiger partial charge in [-0.2, -0.15) is 0 Å². The molecule has 0 aromatic heterocycles. The number of amides is 3. The lowest BCUT2D eigenvalue weighted by Gasteiger charge is -2.11. The summed E-state index contributed by atoms with van der Waals surface area (Å²) < 4.78 is 0. The zero-order valence-electron chi connectivity index (χ0n) is 7.18. The number of urea groups is 1. The highest BCUT2D eigenvalue weighted by molar-refractivity contribution is 6.20. The molecule has 1 unspecified atom stereocenters. The molecule has 72 valence electrons. The highest BCUT2D eigenvalue weighted by Crippen LogP contribution is 2.17. The van der Waals surface area contributed by atoms with Crippen LogP contribution in [0.2, 0.25) is 0 Å². The number of aliphatic hydroxyl groups is 1. The van der Waals surface area contributed by atoms with Gasteiger partial charge in [0, 0.05) is 0 Å². The summed E-state index contributed by atoms with van der Waals surface area (Å²) in [4.78, 5) is 23.4. The summed E-state index contributed by atoms with van der Waals surface area (Å²) in [5.41, 5.74) is 0.451. The van der Waals surface area contributed by atoms with E-state index >= 15 is 0 Å². The standard InChI is InChI=1S/C9H8N2O3/c12-7-8(13)11(9(14)10-7)6-4-2-1-3-5-6/h1-5,7,12H,(H,10,14). The third kappa shape index (κ3) is 1.23. The molecule has 1 aromatic carbocycles. The molecule has 3 amide bonds. The molecule has 0 bridgehead atoms. The van der Waals surface area contributed by atoms with Crippen LogP contribution in [0.5, 0.6) is 0 Å². The van der Waals surface area contributed by atoms with Crippen LogP contribution in [0, 0.1) is 0 Å². The fourth-order valence-corrected chi connectivity index (χ4v) is 1.29. The summed E-state index contributed by atoms with van der Waals surface area (Å²) in [6, 6.07) is 7.83. The molecule has 0 radical (unpaired) electrons. The third-order valence-electron chi connectivity index (χ3n) is 1.93. The van der Waals surface area contributed by atoms with Crippen molar-refractivity contribution in [1.29, 1.82) is 0 Å². The Morgan fingerprint density at radius 2 is 1.86 bits per heavy atom. The molecule has 1 atom stereocenters. The second kappa shape index (κ2) is 3.12. The molecule has 1 aliphatic rings. The number of hydrogen-bond acceptors (Lipinski definition) is 3. The number of aliphatic hydroxyl groups excluding tert-OH is 1. The topological polar surface area (TPSA) is 69.6 Å². The number of carbonyl (C=O) groups is 2. The second-order valence-electron chi connectivity index (χ2n) is 2.86. The molecule has 0 saturated carbocycles. The lowest BCUT2D eigenvalue weighted by molar-refractivity contribution is -0.124. The maximum atomic E-state index is 11.3. The first kappa shape index (κ1) is 8.71. The minimum Gasteiger partial charge on any atom is -0.365 e. The lowest BCUT2D eigenvalue weighted by Crippen LogP contribution is -2.31. The highest BCUT2D eigenvalue weighted by atomic mass is 16.3. The van der Waals surface area contributed by atoms with Gasteiger partial charge in [-0.1, -0.05) is 18.2 Å². The molecule has 1 aromatic rings. The molecule has 2 N–H and O–H groups in total. The van der Waals surface area contributed by atoms with Crippen LogP contribution in [0.4, 0.5) is 10.5 Å². The van der Waals surface area contributed by atoms with Crippen LogP contribution in [0.3, 0.4) is 0 Å². The molecular weight excluding hydrogens is 184 g/mol. The van der Waals surface area contributed by atoms with Crippen LogP contribution < -0.4 is 10.2 Å². The van der Waals surface area contributed by atoms with Gasteiger partial charge in [0.15, 0.2) is 0 Å². The molecule has 1 aliphatic heterocycles. The van der Waals surface area contributed by atoms with Gasteiger partial charge in [0.05, 0.1) is 5.69 Å². The average Bonchev–Trinajstić information content (AvgIpc) is 2.43. The van der Waals surface area contributed by atoms with E-state index in [-0.39, 0.29) is 0 Å². The van der Waals surface area contributed by atoms with E-state index in [1.807, 2.05) is 0 Å². The van der Waals surface area contributed by atoms with Gasteiger partial charge >= 0.3 is 6.03 Å². The van der Waals surface area contributed by atoms with Crippen molar-refractivity contribution in [3.05, 3.63) is 30.3 Å². The molecule has 0 spiro atoms. The van der Waals surface area contributed by atoms with Crippen molar-refractivity contribution >= 4 is 17.6 Å². The maximum absolute atomic E-state index is 11.3. The van der Waals surface area contributed by atoms with Crippen LogP contribution in [0.25, 0.3) is 0 Å². The Labute approximate surface area is 79.9 Å². The number of para-hydroxylation sites is 1. The van der Waals surface area contributed by atoms with Gasteiger partial charge < -0.3 is 10.4 Å². The number of imide groups is 1. The van der Waals surface area contributed by atoms with Gasteiger partial charge in [-0.05, 0) is 12.1 Å². The molecule has 5 nitrogen and oxygen atoms in total. The van der Waals surface area contributed by atoms with E-state index in [1.165, 1.54) is 0 Å². The highest BCUT2D eigenvalue weighted by Gasteiger charge is 2.37. The minimum absolute atomic E-state index is 0.451. The fourth-order valence-electron chi connectivity index (χ4n) is 1.29. The number of anilines is 1. The quantitative estimate of drug-likeness (QED) is 0.618. The van der Waals surface area contributed by atoms with E-state index in [0.29, 0.717) is 5.69 Å². The Kier molecular flexibility index (Phi) is 1.94. The summed E-state index contributed by atoms with van der Waals surface area (Å²) in [5.74, 6) is -0.652. The first-order chi connectivity index (χ1) is 6.70. The fraction of sp³-hybridized carbons (Fsp3) is 0.111. The number of nitrogens with zero attached hydrogens (tertiary/aromatic N) is 1. The van der Waals surface area contributed by atoms with Gasteiger partial charge in [0.2, 0.25) is 6.23 Å². The number of nitrogens with one attached hydrogen (secondary N) is 1. The summed E-state index contributed by atoms with van der Waals surface area (Å²) in [7, 11) is 0. The van der Waals surface area contributed by atoms with Crippen LogP contribution >= 0.6 is 0 Å². The van der Waals surface area contributed by atoms with Crippen LogP contribution in [-0.4, -0.2) is 23.3 Å². The Hall–Kier alpha value is -1.88. The Morgan fingerprint density at radius 1 is 1.21 bits per heavy atom. The average molecular weight is 192 g/mol. The number of rotatable bonds is 1. The summed E-state index contributed by atoms with van der Waals surface area (Å²) >= 11 is 0. The molecule has 0 aliphatic carbocycles. The molecule has 2 rings (SSSR count). The lowest BCUT2D eigenvalue weighted by atomic mass is 10.3. The Bertz CT molecular complexity index is 377. The normalized spacial score (nSPS) is 21.2. The van der Waals surface area contributed by atoms with Crippen LogP contribution in [0.1, 0.15) is 0 Å². The molecule has 14 heavy (non-hydrogen) atoms. The van der Waals surface area contributed by atoms with Crippen molar-refractivity contribution in [2.24, 2.45) is 0 Å². The Morgan fingerprint density at radius 3 is 2.36 bits per heavy atom. The molecule has 5 heteroatoms. The molecule has 1 fully saturated rings. The number of benzene rings is 1. The molecule has 1 heterocycles. The van der Waals surface area contributed by atoms with Gasteiger partial charge in [0.25, 0.3) is 5.91 Å². The van der Waals surface area contributed by atoms with Gasteiger partial charge in [-0.25, -0.2) is 9.69 Å². The zero-order valence-corrected chi connectivity index (χ0v) is 7.18. The summed E-state index contributed by atoms with van der Waals surface area (Å²) in [5, 5.41) is 11.2. The molecule has 1 saturated heterocycles. The maximum Gasteiger partial charge on any atom is 0.331 e. The third-order valence-corrected chi connectivity index (χ3v) is 1.93. The van der Waals surface area contributed by atoms with E-state index in [2.05, 4.69) is 5.32 Å². The number of hydrogen-bond donors (Lipinski definition) is 2.